The van der Waals surface area contributed by atoms with Crippen molar-refractivity contribution in [2.45, 2.75) is 57.4 Å². The molecule has 3 rings (SSSR count). The number of aryl methyl sites for hydroxylation is 1. The molecule has 1 aromatic heterocycles. The van der Waals surface area contributed by atoms with Crippen LogP contribution in [0.1, 0.15) is 32.6 Å². The molecule has 152 valence electrons. The van der Waals surface area contributed by atoms with Gasteiger partial charge in [0.25, 0.3) is 0 Å². The summed E-state index contributed by atoms with van der Waals surface area (Å²) in [6, 6.07) is 7.58. The van der Waals surface area contributed by atoms with Crippen LogP contribution >= 0.6 is 0 Å². The van der Waals surface area contributed by atoms with Gasteiger partial charge in [0.1, 0.15) is 17.5 Å². The quantitative estimate of drug-likeness (QED) is 0.715. The standard InChI is InChI=1S/C20H28N4O4/c1-3-20(26)21-17-8-7-15(28-19(17)13-25)9-10-24-12-18(22-23-24)14-5-4-6-16(11-14)27-2/h4-6,11-12,15,17,19,25H,3,7-10,13H2,1-2H3,(H,21,26)/t15-,17+,19-/m1/s1. The lowest BCUT2D eigenvalue weighted by Gasteiger charge is -2.36. The zero-order chi connectivity index (χ0) is 19.9. The Bertz CT molecular complexity index is 779. The van der Waals surface area contributed by atoms with Crippen LogP contribution in [0.3, 0.4) is 0 Å². The number of methoxy groups -OCH3 is 1. The van der Waals surface area contributed by atoms with E-state index in [1.54, 1.807) is 11.8 Å². The molecule has 2 N–H and O–H groups in total. The van der Waals surface area contributed by atoms with Crippen LogP contribution in [-0.4, -0.2) is 58.0 Å². The van der Waals surface area contributed by atoms with Gasteiger partial charge in [-0.05, 0) is 31.4 Å². The molecule has 0 aliphatic carbocycles. The number of ether oxygens (including phenoxy) is 2. The highest BCUT2D eigenvalue weighted by Crippen LogP contribution is 2.24. The van der Waals surface area contributed by atoms with E-state index in [0.29, 0.717) is 13.0 Å². The average Bonchev–Trinajstić information content (AvgIpc) is 3.22. The van der Waals surface area contributed by atoms with Crippen molar-refractivity contribution >= 4 is 5.91 Å². The molecular formula is C20H28N4O4. The molecule has 0 radical (unpaired) electrons. The molecule has 8 heteroatoms. The van der Waals surface area contributed by atoms with E-state index in [1.807, 2.05) is 37.4 Å². The molecule has 1 aliphatic rings. The monoisotopic (exact) mass is 388 g/mol. The fourth-order valence-corrected chi connectivity index (χ4v) is 3.42. The highest BCUT2D eigenvalue weighted by atomic mass is 16.5. The lowest BCUT2D eigenvalue weighted by Crippen LogP contribution is -2.50. The van der Waals surface area contributed by atoms with Gasteiger partial charge in [0, 0.05) is 18.5 Å². The molecule has 0 bridgehead atoms. The third-order valence-electron chi connectivity index (χ3n) is 5.05. The number of rotatable bonds is 8. The molecule has 1 aliphatic heterocycles. The van der Waals surface area contributed by atoms with E-state index in [9.17, 15) is 9.90 Å². The Hall–Kier alpha value is -2.45. The number of amides is 1. The van der Waals surface area contributed by atoms with Gasteiger partial charge in [-0.2, -0.15) is 0 Å². The Morgan fingerprint density at radius 2 is 2.29 bits per heavy atom. The van der Waals surface area contributed by atoms with Gasteiger partial charge in [0.2, 0.25) is 5.91 Å². The fourth-order valence-electron chi connectivity index (χ4n) is 3.42. The Balaban J connectivity index is 1.53. The Labute approximate surface area is 164 Å². The zero-order valence-electron chi connectivity index (χ0n) is 16.4. The summed E-state index contributed by atoms with van der Waals surface area (Å²) in [7, 11) is 1.64. The third kappa shape index (κ3) is 5.08. The smallest absolute Gasteiger partial charge is 0.220 e. The van der Waals surface area contributed by atoms with Crippen molar-refractivity contribution in [1.82, 2.24) is 20.3 Å². The normalized spacial score (nSPS) is 22.0. The number of benzene rings is 1. The van der Waals surface area contributed by atoms with Crippen molar-refractivity contribution < 1.29 is 19.4 Å². The first-order valence-electron chi connectivity index (χ1n) is 9.73. The molecule has 8 nitrogen and oxygen atoms in total. The summed E-state index contributed by atoms with van der Waals surface area (Å²) in [5, 5.41) is 21.0. The minimum Gasteiger partial charge on any atom is -0.497 e. The Morgan fingerprint density at radius 3 is 3.04 bits per heavy atom. The summed E-state index contributed by atoms with van der Waals surface area (Å²) in [6.07, 6.45) is 4.40. The number of carbonyl (C=O) groups excluding carboxylic acids is 1. The Morgan fingerprint density at radius 1 is 1.43 bits per heavy atom. The minimum atomic E-state index is -0.364. The van der Waals surface area contributed by atoms with Crippen molar-refractivity contribution in [1.29, 1.82) is 0 Å². The molecule has 1 fully saturated rings. The lowest BCUT2D eigenvalue weighted by molar-refractivity contribution is -0.128. The summed E-state index contributed by atoms with van der Waals surface area (Å²) < 4.78 is 13.0. The van der Waals surface area contributed by atoms with Crippen molar-refractivity contribution in [2.24, 2.45) is 0 Å². The van der Waals surface area contributed by atoms with Gasteiger partial charge in [0.15, 0.2) is 0 Å². The van der Waals surface area contributed by atoms with Gasteiger partial charge in [-0.15, -0.1) is 5.10 Å². The average molecular weight is 388 g/mol. The van der Waals surface area contributed by atoms with E-state index in [1.165, 1.54) is 0 Å². The van der Waals surface area contributed by atoms with E-state index in [2.05, 4.69) is 15.6 Å². The first-order chi connectivity index (χ1) is 13.6. The van der Waals surface area contributed by atoms with Crippen LogP contribution in [0.4, 0.5) is 0 Å². The maximum atomic E-state index is 11.6. The highest BCUT2D eigenvalue weighted by Gasteiger charge is 2.31. The van der Waals surface area contributed by atoms with Gasteiger partial charge in [-0.3, -0.25) is 9.48 Å². The van der Waals surface area contributed by atoms with Crippen LogP contribution in [0, 0.1) is 0 Å². The second kappa shape index (κ2) is 9.66. The maximum Gasteiger partial charge on any atom is 0.220 e. The second-order valence-corrected chi connectivity index (χ2v) is 6.97. The molecule has 3 atom stereocenters. The molecule has 1 aromatic carbocycles. The van der Waals surface area contributed by atoms with E-state index in [0.717, 1.165) is 36.3 Å². The van der Waals surface area contributed by atoms with Crippen LogP contribution in [0.25, 0.3) is 11.3 Å². The number of hydrogen-bond donors (Lipinski definition) is 2. The van der Waals surface area contributed by atoms with Gasteiger partial charge in [-0.1, -0.05) is 24.3 Å². The van der Waals surface area contributed by atoms with E-state index in [4.69, 9.17) is 9.47 Å². The molecule has 1 amide bonds. The summed E-state index contributed by atoms with van der Waals surface area (Å²) in [5.74, 6) is 0.764. The van der Waals surface area contributed by atoms with Crippen molar-refractivity contribution in [3.05, 3.63) is 30.5 Å². The van der Waals surface area contributed by atoms with Crippen LogP contribution in [0.5, 0.6) is 5.75 Å². The molecule has 2 aromatic rings. The molecule has 28 heavy (non-hydrogen) atoms. The first kappa shape index (κ1) is 20.3. The third-order valence-corrected chi connectivity index (χ3v) is 5.05. The predicted molar refractivity (Wildman–Crippen MR) is 104 cm³/mol. The van der Waals surface area contributed by atoms with Crippen LogP contribution in [-0.2, 0) is 16.1 Å². The number of aliphatic hydroxyl groups excluding tert-OH is 1. The summed E-state index contributed by atoms with van der Waals surface area (Å²) in [4.78, 5) is 11.6. The number of hydrogen-bond acceptors (Lipinski definition) is 6. The SMILES string of the molecule is CCC(=O)N[C@H]1CC[C@H](CCn2cc(-c3cccc(OC)c3)nn2)O[C@@H]1CO. The molecular weight excluding hydrogens is 360 g/mol. The van der Waals surface area contributed by atoms with Gasteiger partial charge in [-0.25, -0.2) is 0 Å². The summed E-state index contributed by atoms with van der Waals surface area (Å²) >= 11 is 0. The minimum absolute atomic E-state index is 0.0156. The second-order valence-electron chi connectivity index (χ2n) is 6.97. The van der Waals surface area contributed by atoms with Gasteiger partial charge in [0.05, 0.1) is 32.1 Å². The predicted octanol–water partition coefficient (Wildman–Crippen LogP) is 1.78. The van der Waals surface area contributed by atoms with Crippen molar-refractivity contribution in [3.8, 4) is 17.0 Å². The van der Waals surface area contributed by atoms with Crippen LogP contribution in [0.2, 0.25) is 0 Å². The highest BCUT2D eigenvalue weighted by molar-refractivity contribution is 5.75. The van der Waals surface area contributed by atoms with Gasteiger partial charge >= 0.3 is 0 Å². The maximum absolute atomic E-state index is 11.6. The number of carbonyl (C=O) groups is 1. The summed E-state index contributed by atoms with van der Waals surface area (Å²) in [5.41, 5.74) is 1.74. The first-order valence-corrected chi connectivity index (χ1v) is 9.73. The molecule has 0 saturated carbocycles. The van der Waals surface area contributed by atoms with E-state index < -0.39 is 0 Å². The fraction of sp³-hybridized carbons (Fsp3) is 0.550. The van der Waals surface area contributed by atoms with E-state index >= 15 is 0 Å². The van der Waals surface area contributed by atoms with Crippen LogP contribution < -0.4 is 10.1 Å². The summed E-state index contributed by atoms with van der Waals surface area (Å²) in [6.45, 7) is 2.38. The largest absolute Gasteiger partial charge is 0.497 e. The molecule has 0 spiro atoms. The van der Waals surface area contributed by atoms with Gasteiger partial charge < -0.3 is 19.9 Å². The molecule has 0 unspecified atom stereocenters. The number of nitrogens with zero attached hydrogens (tertiary/aromatic N) is 3. The van der Waals surface area contributed by atoms with Crippen LogP contribution in [0.15, 0.2) is 30.5 Å². The number of nitrogens with one attached hydrogen (secondary N) is 1. The zero-order valence-corrected chi connectivity index (χ0v) is 16.4. The number of aromatic nitrogens is 3. The Kier molecular flexibility index (Phi) is 7.00. The lowest BCUT2D eigenvalue weighted by atomic mass is 9.97. The molecule has 1 saturated heterocycles. The van der Waals surface area contributed by atoms with Crippen molar-refractivity contribution in [3.63, 3.8) is 0 Å². The number of aliphatic hydroxyl groups is 1. The van der Waals surface area contributed by atoms with Crippen molar-refractivity contribution in [2.75, 3.05) is 13.7 Å². The van der Waals surface area contributed by atoms with E-state index in [-0.39, 0.29) is 30.8 Å². The topological polar surface area (TPSA) is 98.5 Å². The molecule has 2 heterocycles.